The van der Waals surface area contributed by atoms with E-state index in [1.807, 2.05) is 16.4 Å². The number of fused-ring (bicyclic) bond motifs is 1. The minimum Gasteiger partial charge on any atom is -0.378 e. The molecule has 2 saturated heterocycles. The van der Waals surface area contributed by atoms with Crippen molar-refractivity contribution in [2.24, 2.45) is 0 Å². The first-order valence-electron chi connectivity index (χ1n) is 13.9. The number of rotatable bonds is 7. The fourth-order valence-electron chi connectivity index (χ4n) is 4.54. The summed E-state index contributed by atoms with van der Waals surface area (Å²) in [5.74, 6) is 0.697. The van der Waals surface area contributed by atoms with E-state index in [-0.39, 0.29) is 11.9 Å². The van der Waals surface area contributed by atoms with Gasteiger partial charge in [0.25, 0.3) is 0 Å². The summed E-state index contributed by atoms with van der Waals surface area (Å²) in [5.41, 5.74) is 3.24. The number of hydrogen-bond acceptors (Lipinski definition) is 10. The number of benzene rings is 1. The van der Waals surface area contributed by atoms with Crippen LogP contribution >= 0.6 is 11.9 Å². The number of carbonyl (C=O) groups is 1. The molecule has 0 radical (unpaired) electrons. The topological polar surface area (TPSA) is 118 Å². The number of piperidine rings is 1. The monoisotopic (exact) mass is 611 g/mol. The molecule has 2 N–H and O–H groups in total. The molecule has 2 aliphatic heterocycles. The summed E-state index contributed by atoms with van der Waals surface area (Å²) in [7, 11) is 1.54. The maximum atomic E-state index is 12.3. The van der Waals surface area contributed by atoms with Gasteiger partial charge in [0.2, 0.25) is 5.58 Å². The fourth-order valence-corrected chi connectivity index (χ4v) is 5.35. The molecule has 2 fully saturated rings. The van der Waals surface area contributed by atoms with Crippen molar-refractivity contribution in [3.8, 4) is 11.4 Å². The van der Waals surface area contributed by atoms with Crippen LogP contribution in [0.5, 0.6) is 0 Å². The first-order chi connectivity index (χ1) is 20.2. The standard InChI is InChI=1S/C24H28F3N7O4S.C3H8/c1-28-23(35)29-17-4-2-16(3-5-17)21-30-19-18(15-6-8-34(9-7-15)39-14-37-24(25,26)27)32-38-20(19)22(31-21)33-10-12-36-13-11-33;1-3-2/h2-5,15H,6-14H2,1H3,(H2,28,29,35);3H2,1-2H3. The van der Waals surface area contributed by atoms with Crippen LogP contribution in [0.15, 0.2) is 28.8 Å². The van der Waals surface area contributed by atoms with Crippen molar-refractivity contribution < 1.29 is 32.0 Å². The highest BCUT2D eigenvalue weighted by Gasteiger charge is 2.32. The Morgan fingerprint density at radius 2 is 1.76 bits per heavy atom. The van der Waals surface area contributed by atoms with E-state index in [0.717, 1.165) is 23.2 Å². The summed E-state index contributed by atoms with van der Waals surface area (Å²) in [4.78, 5) is 23.4. The van der Waals surface area contributed by atoms with Gasteiger partial charge >= 0.3 is 12.4 Å². The van der Waals surface area contributed by atoms with Crippen molar-refractivity contribution >= 4 is 40.6 Å². The molecule has 2 aliphatic rings. The second kappa shape index (κ2) is 14.8. The minimum atomic E-state index is -4.64. The maximum absolute atomic E-state index is 12.3. The van der Waals surface area contributed by atoms with Crippen LogP contribution in [0.2, 0.25) is 0 Å². The van der Waals surface area contributed by atoms with E-state index in [2.05, 4.69) is 39.3 Å². The molecule has 4 heterocycles. The highest BCUT2D eigenvalue weighted by atomic mass is 32.2. The van der Waals surface area contributed by atoms with Crippen LogP contribution in [-0.2, 0) is 9.47 Å². The fraction of sp³-hybridized carbons (Fsp3) is 0.556. The van der Waals surface area contributed by atoms with Crippen LogP contribution in [-0.4, -0.2) is 84.2 Å². The Kier molecular flexibility index (Phi) is 11.2. The molecule has 3 aromatic rings. The number of aromatic nitrogens is 3. The van der Waals surface area contributed by atoms with Gasteiger partial charge in [-0.1, -0.05) is 25.4 Å². The van der Waals surface area contributed by atoms with E-state index in [9.17, 15) is 18.0 Å². The van der Waals surface area contributed by atoms with Gasteiger partial charge in [-0.3, -0.25) is 4.74 Å². The molecule has 5 rings (SSSR count). The molecule has 42 heavy (non-hydrogen) atoms. The van der Waals surface area contributed by atoms with Gasteiger partial charge in [0, 0.05) is 50.4 Å². The largest absolute Gasteiger partial charge is 0.523 e. The zero-order valence-corrected chi connectivity index (χ0v) is 24.7. The quantitative estimate of drug-likeness (QED) is 0.258. The van der Waals surface area contributed by atoms with Crippen molar-refractivity contribution in [2.45, 2.75) is 45.4 Å². The number of nitrogens with zero attached hydrogens (tertiary/aromatic N) is 5. The van der Waals surface area contributed by atoms with Crippen molar-refractivity contribution in [1.82, 2.24) is 24.7 Å². The molecule has 11 nitrogen and oxygen atoms in total. The minimum absolute atomic E-state index is 0.0334. The van der Waals surface area contributed by atoms with Crippen LogP contribution in [0.3, 0.4) is 0 Å². The Morgan fingerprint density at radius 3 is 2.38 bits per heavy atom. The molecule has 0 unspecified atom stereocenters. The second-order valence-electron chi connectivity index (χ2n) is 9.74. The van der Waals surface area contributed by atoms with E-state index >= 15 is 0 Å². The molecule has 1 aromatic carbocycles. The zero-order chi connectivity index (χ0) is 30.1. The first-order valence-corrected chi connectivity index (χ1v) is 14.8. The lowest BCUT2D eigenvalue weighted by molar-refractivity contribution is -0.315. The number of carbonyl (C=O) groups excluding carboxylic acids is 1. The van der Waals surface area contributed by atoms with Crippen LogP contribution in [0.1, 0.15) is 44.7 Å². The van der Waals surface area contributed by atoms with Crippen LogP contribution in [0, 0.1) is 0 Å². The molecule has 0 saturated carbocycles. The third kappa shape index (κ3) is 8.46. The van der Waals surface area contributed by atoms with E-state index in [0.29, 0.717) is 80.7 Å². The van der Waals surface area contributed by atoms with Crippen molar-refractivity contribution in [2.75, 3.05) is 62.6 Å². The number of alkyl halides is 3. The number of urea groups is 1. The summed E-state index contributed by atoms with van der Waals surface area (Å²) < 4.78 is 54.0. The maximum Gasteiger partial charge on any atom is 0.523 e. The van der Waals surface area contributed by atoms with Gasteiger partial charge in [0.15, 0.2) is 11.6 Å². The molecule has 0 spiro atoms. The number of morpholine rings is 1. The van der Waals surface area contributed by atoms with Gasteiger partial charge < -0.3 is 24.8 Å². The summed E-state index contributed by atoms with van der Waals surface area (Å²) in [6, 6.07) is 6.90. The molecule has 0 aliphatic carbocycles. The Hall–Kier alpha value is -3.14. The third-order valence-corrected chi connectivity index (χ3v) is 7.52. The number of halogens is 3. The van der Waals surface area contributed by atoms with Crippen LogP contribution in [0.25, 0.3) is 22.5 Å². The molecule has 0 bridgehead atoms. The SMILES string of the molecule is CCC.CNC(=O)Nc1ccc(-c2nc(N3CCOCC3)c3onc(C4CCN(SCOC(F)(F)F)CC4)c3n2)cc1. The first kappa shape index (κ1) is 31.8. The van der Waals surface area contributed by atoms with Gasteiger partial charge in [0.05, 0.1) is 13.2 Å². The van der Waals surface area contributed by atoms with Crippen LogP contribution < -0.4 is 15.5 Å². The second-order valence-corrected chi connectivity index (χ2v) is 10.8. The summed E-state index contributed by atoms with van der Waals surface area (Å²) in [5, 5.41) is 9.64. The molecular weight excluding hydrogens is 575 g/mol. The Balaban J connectivity index is 0.00000129. The zero-order valence-electron chi connectivity index (χ0n) is 23.9. The molecular formula is C27H36F3N7O4S. The number of anilines is 2. The van der Waals surface area contributed by atoms with E-state index < -0.39 is 12.3 Å². The van der Waals surface area contributed by atoms with Gasteiger partial charge in [0.1, 0.15) is 17.1 Å². The van der Waals surface area contributed by atoms with E-state index in [1.165, 1.54) is 6.42 Å². The molecule has 2 aromatic heterocycles. The van der Waals surface area contributed by atoms with Crippen molar-refractivity contribution in [1.29, 1.82) is 0 Å². The summed E-state index contributed by atoms with van der Waals surface area (Å²) >= 11 is 1.03. The van der Waals surface area contributed by atoms with Crippen molar-refractivity contribution in [3.05, 3.63) is 30.0 Å². The third-order valence-electron chi connectivity index (χ3n) is 6.56. The van der Waals surface area contributed by atoms with Crippen LogP contribution in [0.4, 0.5) is 29.5 Å². The molecule has 0 atom stereocenters. The van der Waals surface area contributed by atoms with Crippen molar-refractivity contribution in [3.63, 3.8) is 0 Å². The highest BCUT2D eigenvalue weighted by Crippen LogP contribution is 2.37. The smallest absolute Gasteiger partial charge is 0.378 e. The highest BCUT2D eigenvalue weighted by molar-refractivity contribution is 7.96. The van der Waals surface area contributed by atoms with Gasteiger partial charge in [-0.15, -0.1) is 13.2 Å². The number of nitrogens with one attached hydrogen (secondary N) is 2. The van der Waals surface area contributed by atoms with Gasteiger partial charge in [-0.2, -0.15) is 0 Å². The predicted molar refractivity (Wildman–Crippen MR) is 155 cm³/mol. The summed E-state index contributed by atoms with van der Waals surface area (Å²) in [6.07, 6.45) is -2.01. The normalized spacial score (nSPS) is 16.7. The lowest BCUT2D eigenvalue weighted by Gasteiger charge is -2.30. The van der Waals surface area contributed by atoms with E-state index in [4.69, 9.17) is 19.2 Å². The molecule has 230 valence electrons. The number of hydrogen-bond donors (Lipinski definition) is 2. The molecule has 15 heteroatoms. The lowest BCUT2D eigenvalue weighted by Crippen LogP contribution is -2.37. The number of ether oxygens (including phenoxy) is 2. The Bertz CT molecular complexity index is 1300. The lowest BCUT2D eigenvalue weighted by atomic mass is 9.94. The predicted octanol–water partition coefficient (Wildman–Crippen LogP) is 5.61. The van der Waals surface area contributed by atoms with Gasteiger partial charge in [-0.05, 0) is 49.1 Å². The Morgan fingerprint density at radius 1 is 1.10 bits per heavy atom. The van der Waals surface area contributed by atoms with E-state index in [1.54, 1.807) is 19.2 Å². The summed E-state index contributed by atoms with van der Waals surface area (Å²) in [6.45, 7) is 7.84. The average molecular weight is 612 g/mol. The average Bonchev–Trinajstić information content (AvgIpc) is 3.42. The number of amides is 2. The Labute approximate surface area is 246 Å². The molecule has 2 amide bonds. The van der Waals surface area contributed by atoms with Gasteiger partial charge in [-0.25, -0.2) is 19.1 Å².